The van der Waals surface area contributed by atoms with Gasteiger partial charge in [0.15, 0.2) is 0 Å². The summed E-state index contributed by atoms with van der Waals surface area (Å²) >= 11 is 0. The zero-order chi connectivity index (χ0) is 20.8. The second-order valence-electron chi connectivity index (χ2n) is 7.57. The molecule has 29 heavy (non-hydrogen) atoms. The summed E-state index contributed by atoms with van der Waals surface area (Å²) in [4.78, 5) is 14.4. The van der Waals surface area contributed by atoms with Crippen molar-refractivity contribution in [3.05, 3.63) is 59.3 Å². The highest BCUT2D eigenvalue weighted by atomic mass is 19.4. The van der Waals surface area contributed by atoms with E-state index >= 15 is 0 Å². The fourth-order valence-corrected chi connectivity index (χ4v) is 3.88. The molecule has 0 spiro atoms. The van der Waals surface area contributed by atoms with Gasteiger partial charge in [0.1, 0.15) is 5.75 Å². The van der Waals surface area contributed by atoms with Crippen LogP contribution in [0.4, 0.5) is 18.9 Å². The van der Waals surface area contributed by atoms with Crippen molar-refractivity contribution in [1.29, 1.82) is 0 Å². The molecule has 4 rings (SSSR count). The topological polar surface area (TPSA) is 54.1 Å². The fraction of sp³-hybridized carbons (Fsp3) is 0.318. The SMILES string of the molecule is CC(=O)Nc1c[nH]c2ccc(OC3CC(c4ccc(C(F)(F)F)cc4C)C3)cc12. The summed E-state index contributed by atoms with van der Waals surface area (Å²) in [6, 6.07) is 9.60. The van der Waals surface area contributed by atoms with Crippen LogP contribution < -0.4 is 10.1 Å². The average molecular weight is 402 g/mol. The number of nitrogens with one attached hydrogen (secondary N) is 2. The number of aryl methyl sites for hydroxylation is 1. The number of aromatic amines is 1. The number of rotatable bonds is 4. The van der Waals surface area contributed by atoms with Crippen LogP contribution in [0.25, 0.3) is 10.9 Å². The summed E-state index contributed by atoms with van der Waals surface area (Å²) in [5.41, 5.74) is 2.60. The van der Waals surface area contributed by atoms with Crippen LogP contribution in [0.3, 0.4) is 0 Å². The Morgan fingerprint density at radius 1 is 1.17 bits per heavy atom. The zero-order valence-corrected chi connectivity index (χ0v) is 16.1. The van der Waals surface area contributed by atoms with Crippen molar-refractivity contribution < 1.29 is 22.7 Å². The molecular weight excluding hydrogens is 381 g/mol. The third-order valence-corrected chi connectivity index (χ3v) is 5.40. The van der Waals surface area contributed by atoms with Gasteiger partial charge in [-0.1, -0.05) is 6.07 Å². The summed E-state index contributed by atoms with van der Waals surface area (Å²) < 4.78 is 44.6. The first-order chi connectivity index (χ1) is 13.7. The maximum absolute atomic E-state index is 12.8. The molecule has 4 nitrogen and oxygen atoms in total. The van der Waals surface area contributed by atoms with Gasteiger partial charge in [0, 0.05) is 24.0 Å². The van der Waals surface area contributed by atoms with E-state index in [2.05, 4.69) is 10.3 Å². The Balaban J connectivity index is 1.43. The molecule has 2 aromatic carbocycles. The van der Waals surface area contributed by atoms with Gasteiger partial charge in [-0.2, -0.15) is 13.2 Å². The fourth-order valence-electron chi connectivity index (χ4n) is 3.88. The van der Waals surface area contributed by atoms with Crippen molar-refractivity contribution in [3.63, 3.8) is 0 Å². The highest BCUT2D eigenvalue weighted by Crippen LogP contribution is 2.42. The van der Waals surface area contributed by atoms with Crippen LogP contribution in [0.15, 0.2) is 42.6 Å². The van der Waals surface area contributed by atoms with Crippen LogP contribution in [0.2, 0.25) is 0 Å². The minimum absolute atomic E-state index is 0.0160. The lowest BCUT2D eigenvalue weighted by Crippen LogP contribution is -2.32. The minimum atomic E-state index is -4.32. The Morgan fingerprint density at radius 3 is 2.59 bits per heavy atom. The largest absolute Gasteiger partial charge is 0.490 e. The predicted octanol–water partition coefficient (Wildman–Crippen LogP) is 5.78. The van der Waals surface area contributed by atoms with Crippen molar-refractivity contribution in [1.82, 2.24) is 4.98 Å². The Bertz CT molecular complexity index is 1070. The van der Waals surface area contributed by atoms with Gasteiger partial charge in [0.05, 0.1) is 17.4 Å². The van der Waals surface area contributed by atoms with E-state index in [4.69, 9.17) is 4.74 Å². The molecule has 1 aromatic heterocycles. The lowest BCUT2D eigenvalue weighted by atomic mass is 9.76. The van der Waals surface area contributed by atoms with E-state index in [-0.39, 0.29) is 17.9 Å². The number of hydrogen-bond acceptors (Lipinski definition) is 2. The van der Waals surface area contributed by atoms with Gasteiger partial charge in [-0.15, -0.1) is 0 Å². The molecule has 152 valence electrons. The molecule has 0 aliphatic heterocycles. The molecule has 2 N–H and O–H groups in total. The first-order valence-corrected chi connectivity index (χ1v) is 9.44. The van der Waals surface area contributed by atoms with Crippen LogP contribution in [-0.2, 0) is 11.0 Å². The highest BCUT2D eigenvalue weighted by Gasteiger charge is 2.35. The minimum Gasteiger partial charge on any atom is -0.490 e. The molecular formula is C22H21F3N2O2. The number of aromatic nitrogens is 1. The molecule has 3 aromatic rings. The molecule has 1 amide bonds. The van der Waals surface area contributed by atoms with E-state index in [1.54, 1.807) is 19.2 Å². The number of H-pyrrole nitrogens is 1. The van der Waals surface area contributed by atoms with Crippen LogP contribution in [0.1, 0.15) is 42.4 Å². The van der Waals surface area contributed by atoms with Crippen molar-refractivity contribution in [2.24, 2.45) is 0 Å². The van der Waals surface area contributed by atoms with Gasteiger partial charge in [-0.25, -0.2) is 0 Å². The van der Waals surface area contributed by atoms with E-state index in [1.165, 1.54) is 13.0 Å². The number of hydrogen-bond donors (Lipinski definition) is 2. The van der Waals surface area contributed by atoms with Crippen molar-refractivity contribution in [3.8, 4) is 5.75 Å². The second-order valence-corrected chi connectivity index (χ2v) is 7.57. The molecule has 1 aliphatic carbocycles. The van der Waals surface area contributed by atoms with Crippen LogP contribution >= 0.6 is 0 Å². The predicted molar refractivity (Wildman–Crippen MR) is 105 cm³/mol. The lowest BCUT2D eigenvalue weighted by Gasteiger charge is -2.36. The molecule has 7 heteroatoms. The van der Waals surface area contributed by atoms with Crippen molar-refractivity contribution in [2.45, 2.75) is 44.9 Å². The first kappa shape index (κ1) is 19.4. The highest BCUT2D eigenvalue weighted by molar-refractivity contribution is 6.01. The maximum Gasteiger partial charge on any atom is 0.416 e. The van der Waals surface area contributed by atoms with E-state index in [0.717, 1.165) is 35.4 Å². The number of carbonyl (C=O) groups excluding carboxylic acids is 1. The summed E-state index contributed by atoms with van der Waals surface area (Å²) in [6.45, 7) is 3.18. The quantitative estimate of drug-likeness (QED) is 0.581. The number of anilines is 1. The van der Waals surface area contributed by atoms with Gasteiger partial charge in [-0.3, -0.25) is 4.79 Å². The molecule has 0 radical (unpaired) electrons. The number of alkyl halides is 3. The second kappa shape index (κ2) is 7.13. The number of benzene rings is 2. The van der Waals surface area contributed by atoms with Gasteiger partial charge in [-0.05, 0) is 67.1 Å². The molecule has 0 unspecified atom stereocenters. The van der Waals surface area contributed by atoms with Crippen molar-refractivity contribution >= 4 is 22.5 Å². The Hall–Kier alpha value is -2.96. The molecule has 1 saturated carbocycles. The van der Waals surface area contributed by atoms with E-state index in [1.807, 2.05) is 18.2 Å². The summed E-state index contributed by atoms with van der Waals surface area (Å²) in [7, 11) is 0. The number of halogens is 3. The van der Waals surface area contributed by atoms with Gasteiger partial charge >= 0.3 is 6.18 Å². The van der Waals surface area contributed by atoms with Crippen molar-refractivity contribution in [2.75, 3.05) is 5.32 Å². The zero-order valence-electron chi connectivity index (χ0n) is 16.1. The summed E-state index contributed by atoms with van der Waals surface area (Å²) in [6.07, 6.45) is -1.04. The molecule has 0 atom stereocenters. The third kappa shape index (κ3) is 3.95. The molecule has 0 bridgehead atoms. The normalized spacial score (nSPS) is 19.1. The number of carbonyl (C=O) groups is 1. The van der Waals surface area contributed by atoms with Crippen LogP contribution in [0.5, 0.6) is 5.75 Å². The van der Waals surface area contributed by atoms with Crippen LogP contribution in [0, 0.1) is 6.92 Å². The van der Waals surface area contributed by atoms with E-state index in [0.29, 0.717) is 17.0 Å². The third-order valence-electron chi connectivity index (χ3n) is 5.40. The number of ether oxygens (including phenoxy) is 1. The van der Waals surface area contributed by atoms with Gasteiger partial charge < -0.3 is 15.0 Å². The smallest absolute Gasteiger partial charge is 0.416 e. The van der Waals surface area contributed by atoms with E-state index in [9.17, 15) is 18.0 Å². The maximum atomic E-state index is 12.8. The number of amides is 1. The first-order valence-electron chi connectivity index (χ1n) is 9.44. The van der Waals surface area contributed by atoms with Gasteiger partial charge in [0.25, 0.3) is 0 Å². The molecule has 1 heterocycles. The monoisotopic (exact) mass is 402 g/mol. The summed E-state index contributed by atoms with van der Waals surface area (Å²) in [5.74, 6) is 0.760. The Kier molecular flexibility index (Phi) is 4.76. The summed E-state index contributed by atoms with van der Waals surface area (Å²) in [5, 5.41) is 3.65. The standard InChI is InChI=1S/C22H21F3N2O2/c1-12-7-15(22(23,24)25)3-5-18(12)14-8-17(9-14)29-16-4-6-20-19(10-16)21(11-26-20)27-13(2)28/h3-7,10-11,14,17,26H,8-9H2,1-2H3,(H,27,28). The molecule has 1 fully saturated rings. The Labute approximate surface area is 166 Å². The lowest BCUT2D eigenvalue weighted by molar-refractivity contribution is -0.137. The number of fused-ring (bicyclic) bond motifs is 1. The average Bonchev–Trinajstić information content (AvgIpc) is 2.99. The Morgan fingerprint density at radius 2 is 1.93 bits per heavy atom. The molecule has 1 aliphatic rings. The van der Waals surface area contributed by atoms with Gasteiger partial charge in [0.2, 0.25) is 5.91 Å². The molecule has 0 saturated heterocycles. The van der Waals surface area contributed by atoms with Crippen LogP contribution in [-0.4, -0.2) is 17.0 Å². The van der Waals surface area contributed by atoms with E-state index < -0.39 is 11.7 Å².